The maximum absolute atomic E-state index is 12.9. The van der Waals surface area contributed by atoms with Crippen LogP contribution in [0.2, 0.25) is 0 Å². The van der Waals surface area contributed by atoms with Crippen LogP contribution < -0.4 is 10.4 Å². The summed E-state index contributed by atoms with van der Waals surface area (Å²) in [6, 6.07) is 8.20. The summed E-state index contributed by atoms with van der Waals surface area (Å²) in [7, 11) is 0. The van der Waals surface area contributed by atoms with Crippen LogP contribution in [-0.4, -0.2) is 5.78 Å². The van der Waals surface area contributed by atoms with Crippen LogP contribution in [0.1, 0.15) is 41.0 Å². The molecule has 0 spiro atoms. The van der Waals surface area contributed by atoms with Gasteiger partial charge in [-0.15, -0.1) is 0 Å². The Morgan fingerprint density at radius 2 is 1.61 bits per heavy atom. The van der Waals surface area contributed by atoms with Crippen LogP contribution in [-0.2, 0) is 4.79 Å². The molecule has 1 aromatic rings. The molecule has 0 unspecified atom stereocenters. The van der Waals surface area contributed by atoms with Crippen molar-refractivity contribution in [2.45, 2.75) is 41.0 Å². The van der Waals surface area contributed by atoms with Gasteiger partial charge in [0.05, 0.1) is 0 Å². The monoisotopic (exact) mass is 304 g/mol. The number of ketones is 1. The number of hydrogen-bond donors (Lipinski definition) is 0. The summed E-state index contributed by atoms with van der Waals surface area (Å²) in [5.74, 6) is 0.159. The zero-order chi connectivity index (χ0) is 16.8. The molecule has 0 fully saturated rings. The molecule has 0 radical (unpaired) electrons. The van der Waals surface area contributed by atoms with Crippen molar-refractivity contribution in [3.63, 3.8) is 0 Å². The molecule has 0 bridgehead atoms. The van der Waals surface area contributed by atoms with Gasteiger partial charge >= 0.3 is 0 Å². The van der Waals surface area contributed by atoms with Crippen LogP contribution in [0, 0.1) is 5.41 Å². The molecule has 118 valence electrons. The van der Waals surface area contributed by atoms with Crippen molar-refractivity contribution in [2.24, 2.45) is 5.41 Å². The van der Waals surface area contributed by atoms with Crippen LogP contribution in [0.3, 0.4) is 0 Å². The van der Waals surface area contributed by atoms with E-state index < -0.39 is 0 Å². The van der Waals surface area contributed by atoms with Crippen molar-refractivity contribution in [1.82, 2.24) is 0 Å². The van der Waals surface area contributed by atoms with Gasteiger partial charge in [0.15, 0.2) is 5.78 Å². The average molecular weight is 304 g/mol. The number of fused-ring (bicyclic) bond motifs is 1. The minimum absolute atomic E-state index is 0.0667. The van der Waals surface area contributed by atoms with E-state index in [0.29, 0.717) is 0 Å². The van der Waals surface area contributed by atoms with E-state index in [9.17, 15) is 4.79 Å². The summed E-state index contributed by atoms with van der Waals surface area (Å²) in [6.07, 6.45) is 7.54. The Kier molecular flexibility index (Phi) is 3.75. The minimum atomic E-state index is 0.0667. The molecule has 23 heavy (non-hydrogen) atoms. The summed E-state index contributed by atoms with van der Waals surface area (Å²) in [5.41, 5.74) is 5.37. The molecule has 1 heteroatoms. The van der Waals surface area contributed by atoms with Gasteiger partial charge in [0.1, 0.15) is 0 Å². The fraction of sp³-hybridized carbons (Fsp3) is 0.318. The molecule has 2 aliphatic rings. The molecule has 1 nitrogen and oxygen atoms in total. The summed E-state index contributed by atoms with van der Waals surface area (Å²) < 4.78 is 0. The summed E-state index contributed by atoms with van der Waals surface area (Å²) >= 11 is 0. The van der Waals surface area contributed by atoms with Gasteiger partial charge < -0.3 is 0 Å². The third-order valence-electron chi connectivity index (χ3n) is 5.16. The Hall–Kier alpha value is -2.15. The second kappa shape index (κ2) is 5.49. The van der Waals surface area contributed by atoms with Gasteiger partial charge in [-0.05, 0) is 65.8 Å². The first-order chi connectivity index (χ1) is 10.8. The lowest BCUT2D eigenvalue weighted by Gasteiger charge is -2.30. The summed E-state index contributed by atoms with van der Waals surface area (Å²) in [6.45, 7) is 10.6. The van der Waals surface area contributed by atoms with Crippen molar-refractivity contribution >= 4 is 16.9 Å². The average Bonchev–Trinajstić information content (AvgIpc) is 2.51. The molecule has 0 aliphatic heterocycles. The highest BCUT2D eigenvalue weighted by atomic mass is 16.1. The van der Waals surface area contributed by atoms with Gasteiger partial charge in [0.2, 0.25) is 0 Å². The van der Waals surface area contributed by atoms with Crippen molar-refractivity contribution in [3.05, 3.63) is 69.7 Å². The van der Waals surface area contributed by atoms with Gasteiger partial charge in [-0.2, -0.15) is 0 Å². The van der Waals surface area contributed by atoms with Crippen molar-refractivity contribution in [3.8, 4) is 0 Å². The third kappa shape index (κ3) is 2.55. The van der Waals surface area contributed by atoms with E-state index in [-0.39, 0.29) is 11.2 Å². The molecule has 0 saturated heterocycles. The van der Waals surface area contributed by atoms with Gasteiger partial charge in [-0.1, -0.05) is 50.3 Å². The number of rotatable bonds is 1. The Bertz CT molecular complexity index is 902. The molecule has 3 rings (SSSR count). The highest BCUT2D eigenvalue weighted by molar-refractivity contribution is 6.29. The predicted octanol–water partition coefficient (Wildman–Crippen LogP) is 3.84. The number of carbonyl (C=O) groups excluding carboxylic acids is 1. The van der Waals surface area contributed by atoms with E-state index in [1.54, 1.807) is 0 Å². The molecule has 2 aliphatic carbocycles. The molecular formula is C22H24O. The summed E-state index contributed by atoms with van der Waals surface area (Å²) in [4.78, 5) is 12.9. The Balaban J connectivity index is 2.29. The maximum Gasteiger partial charge on any atom is 0.189 e. The minimum Gasteiger partial charge on any atom is -0.289 e. The van der Waals surface area contributed by atoms with Crippen molar-refractivity contribution in [2.75, 3.05) is 0 Å². The SMILES string of the molecule is CC1=C(C=C2C(=O)C(C)=c3ccccc3=C2C)C(C)(C)CC=C1. The lowest BCUT2D eigenvalue weighted by molar-refractivity contribution is -0.110. The molecule has 0 amide bonds. The van der Waals surface area contributed by atoms with Crippen LogP contribution in [0.25, 0.3) is 11.1 Å². The smallest absolute Gasteiger partial charge is 0.189 e. The number of benzene rings is 1. The fourth-order valence-corrected chi connectivity index (χ4v) is 3.67. The van der Waals surface area contributed by atoms with E-state index in [4.69, 9.17) is 0 Å². The van der Waals surface area contributed by atoms with Crippen molar-refractivity contribution in [1.29, 1.82) is 0 Å². The third-order valence-corrected chi connectivity index (χ3v) is 5.16. The predicted molar refractivity (Wildman–Crippen MR) is 97.2 cm³/mol. The molecule has 0 atom stereocenters. The Morgan fingerprint density at radius 1 is 1.00 bits per heavy atom. The molecule has 0 saturated carbocycles. The van der Waals surface area contributed by atoms with E-state index in [2.05, 4.69) is 52.0 Å². The molecule has 0 heterocycles. The topological polar surface area (TPSA) is 17.1 Å². The van der Waals surface area contributed by atoms with Crippen LogP contribution in [0.4, 0.5) is 0 Å². The molecule has 0 aromatic heterocycles. The van der Waals surface area contributed by atoms with E-state index in [1.807, 2.05) is 25.1 Å². The lowest BCUT2D eigenvalue weighted by atomic mass is 9.74. The molecular weight excluding hydrogens is 280 g/mol. The first-order valence-corrected chi connectivity index (χ1v) is 8.24. The second-order valence-corrected chi connectivity index (χ2v) is 7.27. The van der Waals surface area contributed by atoms with Gasteiger partial charge in [0.25, 0.3) is 0 Å². The Morgan fingerprint density at radius 3 is 2.22 bits per heavy atom. The first kappa shape index (κ1) is 15.7. The molecule has 0 N–H and O–H groups in total. The number of allylic oxidation sites excluding steroid dienone is 6. The fourth-order valence-electron chi connectivity index (χ4n) is 3.67. The van der Waals surface area contributed by atoms with Gasteiger partial charge in [0, 0.05) is 11.1 Å². The van der Waals surface area contributed by atoms with Crippen LogP contribution in [0.5, 0.6) is 0 Å². The quantitative estimate of drug-likeness (QED) is 0.721. The zero-order valence-corrected chi connectivity index (χ0v) is 14.7. The lowest BCUT2D eigenvalue weighted by Crippen LogP contribution is -2.35. The van der Waals surface area contributed by atoms with Gasteiger partial charge in [-0.25, -0.2) is 0 Å². The number of carbonyl (C=O) groups is 1. The summed E-state index contributed by atoms with van der Waals surface area (Å²) in [5, 5.41) is 2.25. The standard InChI is InChI=1S/C22H24O/c1-14-9-8-12-22(4,5)20(14)13-19-15(2)17-10-6-7-11-18(17)16(3)21(19)23/h6-11,13H,12H2,1-5H3. The van der Waals surface area contributed by atoms with Crippen molar-refractivity contribution < 1.29 is 4.79 Å². The zero-order valence-electron chi connectivity index (χ0n) is 14.7. The van der Waals surface area contributed by atoms with E-state index in [0.717, 1.165) is 28.4 Å². The second-order valence-electron chi connectivity index (χ2n) is 7.27. The normalized spacial score (nSPS) is 22.0. The van der Waals surface area contributed by atoms with Crippen LogP contribution in [0.15, 0.2) is 59.2 Å². The highest BCUT2D eigenvalue weighted by Gasteiger charge is 2.27. The molecule has 1 aromatic carbocycles. The highest BCUT2D eigenvalue weighted by Crippen LogP contribution is 2.39. The largest absolute Gasteiger partial charge is 0.289 e. The Labute approximate surface area is 138 Å². The van der Waals surface area contributed by atoms with E-state index >= 15 is 0 Å². The number of hydrogen-bond acceptors (Lipinski definition) is 1. The van der Waals surface area contributed by atoms with Gasteiger partial charge in [-0.3, -0.25) is 4.79 Å². The van der Waals surface area contributed by atoms with E-state index in [1.165, 1.54) is 16.4 Å². The van der Waals surface area contributed by atoms with Crippen LogP contribution >= 0.6 is 0 Å². The maximum atomic E-state index is 12.9. The first-order valence-electron chi connectivity index (χ1n) is 8.24. The number of Topliss-reactive ketones (excluding diaryl/α,β-unsaturated/α-hetero) is 1.